The van der Waals surface area contributed by atoms with Crippen LogP contribution in [0, 0.1) is 0 Å². The lowest BCUT2D eigenvalue weighted by Gasteiger charge is -2.16. The van der Waals surface area contributed by atoms with Crippen molar-refractivity contribution in [3.63, 3.8) is 0 Å². The van der Waals surface area contributed by atoms with Gasteiger partial charge in [-0.3, -0.25) is 20.4 Å². The first-order chi connectivity index (χ1) is 12.6. The maximum absolute atomic E-state index is 12.6. The summed E-state index contributed by atoms with van der Waals surface area (Å²) in [4.78, 5) is 28.0. The molecule has 26 heavy (non-hydrogen) atoms. The van der Waals surface area contributed by atoms with Gasteiger partial charge in [-0.05, 0) is 42.2 Å². The van der Waals surface area contributed by atoms with Gasteiger partial charge in [0.2, 0.25) is 11.8 Å². The van der Waals surface area contributed by atoms with E-state index in [0.717, 1.165) is 39.3 Å². The predicted molar refractivity (Wildman–Crippen MR) is 103 cm³/mol. The standard InChI is InChI=1S/C20H18BrN3O2/c21-15-7-5-14(6-8-15)20(9-10-20)19(26)24-23-18(25)11-13-12-22-17-4-2-1-3-16(13)17/h1-8,12,22H,9-11H2,(H,23,25)(H,24,26). The van der Waals surface area contributed by atoms with Gasteiger partial charge in [-0.2, -0.15) is 0 Å². The monoisotopic (exact) mass is 411 g/mol. The summed E-state index contributed by atoms with van der Waals surface area (Å²) in [6.07, 6.45) is 3.61. The van der Waals surface area contributed by atoms with Crippen LogP contribution < -0.4 is 10.9 Å². The number of benzene rings is 2. The molecule has 3 N–H and O–H groups in total. The Kier molecular flexibility index (Phi) is 4.28. The van der Waals surface area contributed by atoms with Crippen molar-refractivity contribution in [1.29, 1.82) is 0 Å². The molecule has 1 aliphatic carbocycles. The summed E-state index contributed by atoms with van der Waals surface area (Å²) in [6.45, 7) is 0. The van der Waals surface area contributed by atoms with E-state index in [1.807, 2.05) is 54.7 Å². The molecule has 1 fully saturated rings. The number of carbonyl (C=O) groups excluding carboxylic acids is 2. The lowest BCUT2D eigenvalue weighted by atomic mass is 9.95. The molecule has 1 heterocycles. The van der Waals surface area contributed by atoms with Crippen LogP contribution in [0.4, 0.5) is 0 Å². The van der Waals surface area contributed by atoms with Crippen molar-refractivity contribution in [2.75, 3.05) is 0 Å². The van der Waals surface area contributed by atoms with Gasteiger partial charge < -0.3 is 4.98 Å². The number of rotatable bonds is 4. The van der Waals surface area contributed by atoms with Gasteiger partial charge in [0.05, 0.1) is 11.8 Å². The SMILES string of the molecule is O=C(Cc1c[nH]c2ccccc12)NNC(=O)C1(c2ccc(Br)cc2)CC1. The van der Waals surface area contributed by atoms with Crippen molar-refractivity contribution in [3.05, 3.63) is 70.3 Å². The van der Waals surface area contributed by atoms with E-state index >= 15 is 0 Å². The zero-order chi connectivity index (χ0) is 18.1. The van der Waals surface area contributed by atoms with E-state index < -0.39 is 5.41 Å². The predicted octanol–water partition coefficient (Wildman–Crippen LogP) is 3.35. The fourth-order valence-electron chi connectivity index (χ4n) is 3.28. The van der Waals surface area contributed by atoms with Gasteiger partial charge >= 0.3 is 0 Å². The van der Waals surface area contributed by atoms with Crippen molar-refractivity contribution in [2.24, 2.45) is 0 Å². The smallest absolute Gasteiger partial charge is 0.249 e. The van der Waals surface area contributed by atoms with E-state index in [1.165, 1.54) is 0 Å². The van der Waals surface area contributed by atoms with Gasteiger partial charge in [-0.1, -0.05) is 46.3 Å². The van der Waals surface area contributed by atoms with Crippen molar-refractivity contribution >= 4 is 38.6 Å². The van der Waals surface area contributed by atoms with Gasteiger partial charge in [0.15, 0.2) is 0 Å². The molecule has 132 valence electrons. The number of amides is 2. The Bertz CT molecular complexity index is 974. The molecule has 3 aromatic rings. The first-order valence-electron chi connectivity index (χ1n) is 8.49. The van der Waals surface area contributed by atoms with Crippen LogP contribution in [-0.4, -0.2) is 16.8 Å². The molecule has 0 radical (unpaired) electrons. The second-order valence-electron chi connectivity index (χ2n) is 6.63. The molecule has 6 heteroatoms. The number of hydrogen-bond acceptors (Lipinski definition) is 2. The topological polar surface area (TPSA) is 74.0 Å². The molecule has 1 saturated carbocycles. The Morgan fingerprint density at radius 2 is 1.77 bits per heavy atom. The summed E-state index contributed by atoms with van der Waals surface area (Å²) in [5.74, 6) is -0.401. The largest absolute Gasteiger partial charge is 0.361 e. The third-order valence-electron chi connectivity index (χ3n) is 4.92. The minimum absolute atomic E-state index is 0.160. The first kappa shape index (κ1) is 16.8. The molecule has 2 amide bonds. The van der Waals surface area contributed by atoms with Crippen LogP contribution in [0.1, 0.15) is 24.0 Å². The number of fused-ring (bicyclic) bond motifs is 1. The van der Waals surface area contributed by atoms with Crippen LogP contribution in [0.3, 0.4) is 0 Å². The van der Waals surface area contributed by atoms with E-state index in [9.17, 15) is 9.59 Å². The summed E-state index contributed by atoms with van der Waals surface area (Å²) in [5, 5.41) is 1.02. The maximum atomic E-state index is 12.6. The number of H-pyrrole nitrogens is 1. The fourth-order valence-corrected chi connectivity index (χ4v) is 3.55. The number of hydrazine groups is 1. The van der Waals surface area contributed by atoms with E-state index in [1.54, 1.807) is 0 Å². The molecule has 0 atom stereocenters. The Balaban J connectivity index is 1.38. The molecule has 2 aromatic carbocycles. The number of aromatic amines is 1. The van der Waals surface area contributed by atoms with Crippen LogP contribution in [0.25, 0.3) is 10.9 Å². The molecule has 1 aromatic heterocycles. The Morgan fingerprint density at radius 3 is 2.50 bits per heavy atom. The normalized spacial score (nSPS) is 14.8. The summed E-state index contributed by atoms with van der Waals surface area (Å²) >= 11 is 3.40. The van der Waals surface area contributed by atoms with Crippen molar-refractivity contribution in [2.45, 2.75) is 24.7 Å². The highest BCUT2D eigenvalue weighted by molar-refractivity contribution is 9.10. The van der Waals surface area contributed by atoms with Gasteiger partial charge in [-0.15, -0.1) is 0 Å². The highest BCUT2D eigenvalue weighted by Gasteiger charge is 2.51. The van der Waals surface area contributed by atoms with Gasteiger partial charge in [0.1, 0.15) is 0 Å². The second-order valence-corrected chi connectivity index (χ2v) is 7.54. The lowest BCUT2D eigenvalue weighted by Crippen LogP contribution is -2.47. The molecule has 0 saturated heterocycles. The van der Waals surface area contributed by atoms with Crippen LogP contribution in [0.5, 0.6) is 0 Å². The zero-order valence-electron chi connectivity index (χ0n) is 14.0. The van der Waals surface area contributed by atoms with Crippen LogP contribution >= 0.6 is 15.9 Å². The Labute approximate surface area is 159 Å². The average molecular weight is 412 g/mol. The van der Waals surface area contributed by atoms with E-state index in [-0.39, 0.29) is 18.2 Å². The third kappa shape index (κ3) is 3.12. The van der Waals surface area contributed by atoms with E-state index in [0.29, 0.717) is 0 Å². The molecule has 0 aliphatic heterocycles. The summed E-state index contributed by atoms with van der Waals surface area (Å²) in [7, 11) is 0. The van der Waals surface area contributed by atoms with E-state index in [2.05, 4.69) is 31.8 Å². The number of aromatic nitrogens is 1. The maximum Gasteiger partial charge on any atom is 0.249 e. The first-order valence-corrected chi connectivity index (χ1v) is 9.28. The molecule has 4 rings (SSSR count). The minimum Gasteiger partial charge on any atom is -0.361 e. The van der Waals surface area contributed by atoms with Gasteiger partial charge in [0, 0.05) is 21.6 Å². The van der Waals surface area contributed by atoms with Crippen molar-refractivity contribution in [1.82, 2.24) is 15.8 Å². The van der Waals surface area contributed by atoms with E-state index in [4.69, 9.17) is 0 Å². The van der Waals surface area contributed by atoms with Crippen LogP contribution in [0.15, 0.2) is 59.2 Å². The third-order valence-corrected chi connectivity index (χ3v) is 5.45. The zero-order valence-corrected chi connectivity index (χ0v) is 15.6. The number of hydrogen-bond donors (Lipinski definition) is 3. The fraction of sp³-hybridized carbons (Fsp3) is 0.200. The van der Waals surface area contributed by atoms with Crippen LogP contribution in [-0.2, 0) is 21.4 Å². The molecular weight excluding hydrogens is 394 g/mol. The summed E-state index contributed by atoms with van der Waals surface area (Å²) < 4.78 is 0.976. The molecule has 0 unspecified atom stereocenters. The molecule has 1 aliphatic rings. The quantitative estimate of drug-likeness (QED) is 0.575. The number of carbonyl (C=O) groups is 2. The number of halogens is 1. The van der Waals surface area contributed by atoms with Crippen LogP contribution in [0.2, 0.25) is 0 Å². The summed E-state index contributed by atoms with van der Waals surface area (Å²) in [5.41, 5.74) is 7.50. The van der Waals surface area contributed by atoms with Crippen molar-refractivity contribution in [3.8, 4) is 0 Å². The molecule has 0 bridgehead atoms. The molecule has 0 spiro atoms. The number of para-hydroxylation sites is 1. The Morgan fingerprint density at radius 1 is 1.04 bits per heavy atom. The highest BCUT2D eigenvalue weighted by Crippen LogP contribution is 2.48. The summed E-state index contributed by atoms with van der Waals surface area (Å²) in [6, 6.07) is 15.6. The molecular formula is C20H18BrN3O2. The average Bonchev–Trinajstić information content (AvgIpc) is 3.37. The van der Waals surface area contributed by atoms with Gasteiger partial charge in [-0.25, -0.2) is 0 Å². The number of nitrogens with one attached hydrogen (secondary N) is 3. The minimum atomic E-state index is -0.519. The lowest BCUT2D eigenvalue weighted by molar-refractivity contribution is -0.130. The van der Waals surface area contributed by atoms with Gasteiger partial charge in [0.25, 0.3) is 0 Å². The second kappa shape index (κ2) is 6.61. The Hall–Kier alpha value is -2.60. The van der Waals surface area contributed by atoms with Crippen molar-refractivity contribution < 1.29 is 9.59 Å². The molecule has 5 nitrogen and oxygen atoms in total. The highest BCUT2D eigenvalue weighted by atomic mass is 79.9.